The lowest BCUT2D eigenvalue weighted by Crippen LogP contribution is -2.56. The van der Waals surface area contributed by atoms with Crippen LogP contribution in [0.5, 0.6) is 0 Å². The number of nitrogens with zero attached hydrogens (tertiary/aromatic N) is 2. The van der Waals surface area contributed by atoms with Crippen molar-refractivity contribution in [2.75, 3.05) is 13.1 Å². The van der Waals surface area contributed by atoms with E-state index in [0.29, 0.717) is 18.0 Å². The summed E-state index contributed by atoms with van der Waals surface area (Å²) < 4.78 is 0. The molecule has 0 saturated carbocycles. The monoisotopic (exact) mass is 348 g/mol. The van der Waals surface area contributed by atoms with Crippen molar-refractivity contribution < 1.29 is 4.79 Å². The fourth-order valence-electron chi connectivity index (χ4n) is 4.74. The van der Waals surface area contributed by atoms with E-state index in [9.17, 15) is 4.79 Å². The van der Waals surface area contributed by atoms with Gasteiger partial charge in [-0.05, 0) is 30.4 Å². The largest absolute Gasteiger partial charge is 0.334 e. The van der Waals surface area contributed by atoms with Gasteiger partial charge >= 0.3 is 0 Å². The van der Waals surface area contributed by atoms with Crippen molar-refractivity contribution in [2.45, 2.75) is 50.7 Å². The number of hydrogen-bond acceptors (Lipinski definition) is 2. The Bertz CT molecular complexity index is 716. The second kappa shape index (κ2) is 7.63. The molecule has 2 aliphatic heterocycles. The molecule has 26 heavy (non-hydrogen) atoms. The molecule has 2 aromatic rings. The maximum absolute atomic E-state index is 13.4. The summed E-state index contributed by atoms with van der Waals surface area (Å²) in [6.45, 7) is 5.12. The zero-order valence-corrected chi connectivity index (χ0v) is 15.6. The molecule has 0 unspecified atom stereocenters. The number of carbonyl (C=O) groups is 1. The first-order valence-corrected chi connectivity index (χ1v) is 9.89. The lowest BCUT2D eigenvalue weighted by Gasteiger charge is -2.42. The van der Waals surface area contributed by atoms with Crippen LogP contribution in [0.4, 0.5) is 0 Å². The van der Waals surface area contributed by atoms with Crippen LogP contribution < -0.4 is 0 Å². The molecule has 3 atom stereocenters. The van der Waals surface area contributed by atoms with Gasteiger partial charge in [0.05, 0.1) is 5.92 Å². The summed E-state index contributed by atoms with van der Waals surface area (Å²) >= 11 is 0. The van der Waals surface area contributed by atoms with Gasteiger partial charge in [-0.2, -0.15) is 0 Å². The van der Waals surface area contributed by atoms with E-state index >= 15 is 0 Å². The van der Waals surface area contributed by atoms with Crippen molar-refractivity contribution in [3.63, 3.8) is 0 Å². The van der Waals surface area contributed by atoms with Crippen molar-refractivity contribution in [1.82, 2.24) is 9.80 Å². The van der Waals surface area contributed by atoms with E-state index in [0.717, 1.165) is 44.5 Å². The van der Waals surface area contributed by atoms with Crippen LogP contribution in [0.3, 0.4) is 0 Å². The molecule has 2 bridgehead atoms. The van der Waals surface area contributed by atoms with E-state index < -0.39 is 0 Å². The molecule has 1 amide bonds. The van der Waals surface area contributed by atoms with E-state index in [-0.39, 0.29) is 5.92 Å². The van der Waals surface area contributed by atoms with E-state index in [1.165, 1.54) is 5.56 Å². The lowest BCUT2D eigenvalue weighted by atomic mass is 9.94. The van der Waals surface area contributed by atoms with Crippen LogP contribution in [-0.2, 0) is 11.3 Å². The third kappa shape index (κ3) is 3.41. The molecule has 3 heteroatoms. The SMILES string of the molecule is CC[C@@H](C(=O)N1[C@@H]2CC[C@@H]1CN(Cc1ccccc1)C2)c1ccccc1. The Balaban J connectivity index is 1.47. The zero-order chi connectivity index (χ0) is 17.9. The zero-order valence-electron chi connectivity index (χ0n) is 15.6. The highest BCUT2D eigenvalue weighted by atomic mass is 16.2. The third-order valence-electron chi connectivity index (χ3n) is 5.97. The Morgan fingerprint density at radius 1 is 0.962 bits per heavy atom. The highest BCUT2D eigenvalue weighted by Gasteiger charge is 2.44. The molecular formula is C23H28N2O. The molecule has 0 aromatic heterocycles. The normalized spacial score (nSPS) is 23.8. The van der Waals surface area contributed by atoms with E-state index in [4.69, 9.17) is 0 Å². The molecule has 136 valence electrons. The molecule has 2 aromatic carbocycles. The van der Waals surface area contributed by atoms with Gasteiger partial charge in [0.1, 0.15) is 0 Å². The van der Waals surface area contributed by atoms with Crippen molar-refractivity contribution in [3.8, 4) is 0 Å². The predicted octanol–water partition coefficient (Wildman–Crippen LogP) is 4.06. The number of amides is 1. The van der Waals surface area contributed by atoms with Crippen molar-refractivity contribution in [1.29, 1.82) is 0 Å². The highest BCUT2D eigenvalue weighted by Crippen LogP contribution is 2.34. The van der Waals surface area contributed by atoms with Crippen LogP contribution >= 0.6 is 0 Å². The Hall–Kier alpha value is -2.13. The van der Waals surface area contributed by atoms with Gasteiger partial charge in [0.2, 0.25) is 5.91 Å². The maximum Gasteiger partial charge on any atom is 0.230 e. The number of carbonyl (C=O) groups excluding carboxylic acids is 1. The molecule has 3 nitrogen and oxygen atoms in total. The van der Waals surface area contributed by atoms with E-state index in [1.807, 2.05) is 18.2 Å². The number of rotatable bonds is 5. The predicted molar refractivity (Wildman–Crippen MR) is 105 cm³/mol. The van der Waals surface area contributed by atoms with E-state index in [2.05, 4.69) is 59.2 Å². The van der Waals surface area contributed by atoms with Crippen LogP contribution in [0, 0.1) is 0 Å². The first-order valence-electron chi connectivity index (χ1n) is 9.89. The molecule has 4 rings (SSSR count). The van der Waals surface area contributed by atoms with Crippen molar-refractivity contribution >= 4 is 5.91 Å². The number of fused-ring (bicyclic) bond motifs is 2. The number of benzene rings is 2. The van der Waals surface area contributed by atoms with Gasteiger partial charge in [-0.3, -0.25) is 9.69 Å². The second-order valence-electron chi connectivity index (χ2n) is 7.68. The third-order valence-corrected chi connectivity index (χ3v) is 5.97. The Kier molecular flexibility index (Phi) is 5.07. The molecule has 0 radical (unpaired) electrons. The van der Waals surface area contributed by atoms with Crippen LogP contribution in [0.15, 0.2) is 60.7 Å². The van der Waals surface area contributed by atoms with Gasteiger partial charge in [-0.1, -0.05) is 67.6 Å². The summed E-state index contributed by atoms with van der Waals surface area (Å²) in [7, 11) is 0. The smallest absolute Gasteiger partial charge is 0.230 e. The maximum atomic E-state index is 13.4. The Morgan fingerprint density at radius 3 is 2.12 bits per heavy atom. The average molecular weight is 348 g/mol. The van der Waals surface area contributed by atoms with Gasteiger partial charge in [-0.25, -0.2) is 0 Å². The van der Waals surface area contributed by atoms with Gasteiger partial charge in [-0.15, -0.1) is 0 Å². The molecule has 0 N–H and O–H groups in total. The van der Waals surface area contributed by atoms with Gasteiger partial charge in [0.25, 0.3) is 0 Å². The standard InChI is InChI=1S/C23H28N2O/c1-2-22(19-11-7-4-8-12-19)23(26)25-20-13-14-21(25)17-24(16-20)15-18-9-5-3-6-10-18/h3-12,20-22H,2,13-17H2,1H3/t20-,21-,22-/m1/s1. The summed E-state index contributed by atoms with van der Waals surface area (Å²) in [5, 5.41) is 0. The Morgan fingerprint density at radius 2 is 1.54 bits per heavy atom. The highest BCUT2D eigenvalue weighted by molar-refractivity contribution is 5.84. The van der Waals surface area contributed by atoms with Crippen LogP contribution in [0.2, 0.25) is 0 Å². The summed E-state index contributed by atoms with van der Waals surface area (Å²) in [4.78, 5) is 18.1. The van der Waals surface area contributed by atoms with Crippen molar-refractivity contribution in [3.05, 3.63) is 71.8 Å². The minimum absolute atomic E-state index is 0.0000247. The Labute approximate surface area is 156 Å². The molecule has 2 aliphatic rings. The second-order valence-corrected chi connectivity index (χ2v) is 7.68. The fraction of sp³-hybridized carbons (Fsp3) is 0.435. The van der Waals surface area contributed by atoms with Gasteiger partial charge in [0.15, 0.2) is 0 Å². The first-order chi connectivity index (χ1) is 12.8. The molecule has 2 saturated heterocycles. The molecule has 0 spiro atoms. The number of hydrogen-bond donors (Lipinski definition) is 0. The summed E-state index contributed by atoms with van der Waals surface area (Å²) in [5.41, 5.74) is 2.52. The minimum Gasteiger partial charge on any atom is -0.334 e. The van der Waals surface area contributed by atoms with Crippen LogP contribution in [0.1, 0.15) is 43.2 Å². The van der Waals surface area contributed by atoms with Gasteiger partial charge < -0.3 is 4.90 Å². The first kappa shape index (κ1) is 17.3. The molecule has 0 aliphatic carbocycles. The number of likely N-dealkylation sites (tertiary alicyclic amines) is 1. The van der Waals surface area contributed by atoms with Crippen molar-refractivity contribution in [2.24, 2.45) is 0 Å². The molecule has 2 fully saturated rings. The van der Waals surface area contributed by atoms with Crippen LogP contribution in [0.25, 0.3) is 0 Å². The number of piperazine rings is 1. The molecular weight excluding hydrogens is 320 g/mol. The average Bonchev–Trinajstić information content (AvgIpc) is 2.95. The summed E-state index contributed by atoms with van der Waals surface area (Å²) in [6, 6.07) is 21.7. The minimum atomic E-state index is -0.0000247. The lowest BCUT2D eigenvalue weighted by molar-refractivity contribution is -0.138. The summed E-state index contributed by atoms with van der Waals surface area (Å²) in [6.07, 6.45) is 3.16. The molecule has 2 heterocycles. The summed E-state index contributed by atoms with van der Waals surface area (Å²) in [5.74, 6) is 0.338. The topological polar surface area (TPSA) is 23.6 Å². The van der Waals surface area contributed by atoms with E-state index in [1.54, 1.807) is 0 Å². The fourth-order valence-corrected chi connectivity index (χ4v) is 4.74. The van der Waals surface area contributed by atoms with Crippen LogP contribution in [-0.4, -0.2) is 40.9 Å². The quantitative estimate of drug-likeness (QED) is 0.814. The van der Waals surface area contributed by atoms with Gasteiger partial charge in [0, 0.05) is 31.7 Å².